The molecule has 6 nitrogen and oxygen atoms in total. The van der Waals surface area contributed by atoms with Crippen LogP contribution in [0.1, 0.15) is 27.7 Å². The SMILES string of the molecule is O=C(COc1ccc([C@@H]2N(Cc3ccccc3)c3ccccc3C(=O)N2c2ccccc2)cc1)Nc1cccc(Cl)c1. The molecule has 1 aliphatic rings. The fraction of sp³-hybridized carbons (Fsp3) is 0.0857. The van der Waals surface area contributed by atoms with E-state index in [1.165, 1.54) is 0 Å². The molecule has 1 N–H and O–H groups in total. The summed E-state index contributed by atoms with van der Waals surface area (Å²) in [4.78, 5) is 30.6. The minimum atomic E-state index is -0.421. The van der Waals surface area contributed by atoms with Crippen molar-refractivity contribution in [3.05, 3.63) is 155 Å². The van der Waals surface area contributed by atoms with Crippen molar-refractivity contribution in [2.75, 3.05) is 21.7 Å². The first-order valence-electron chi connectivity index (χ1n) is 13.6. The lowest BCUT2D eigenvalue weighted by molar-refractivity contribution is -0.118. The summed E-state index contributed by atoms with van der Waals surface area (Å²) in [5.74, 6) is 0.188. The highest BCUT2D eigenvalue weighted by Gasteiger charge is 2.39. The predicted molar refractivity (Wildman–Crippen MR) is 167 cm³/mol. The Labute approximate surface area is 249 Å². The molecule has 0 bridgehead atoms. The van der Waals surface area contributed by atoms with Crippen LogP contribution in [0.5, 0.6) is 5.75 Å². The highest BCUT2D eigenvalue weighted by molar-refractivity contribution is 6.30. The standard InChI is InChI=1S/C35H28ClN3O3/c36-27-12-9-13-28(22-27)37-33(40)24-42-30-20-18-26(19-21-30)34-38(23-25-10-3-1-4-11-25)32-17-8-7-16-31(32)35(41)39(34)29-14-5-2-6-15-29/h1-22,34H,23-24H2,(H,37,40)/t34-/m1/s1. The van der Waals surface area contributed by atoms with Gasteiger partial charge < -0.3 is 15.0 Å². The van der Waals surface area contributed by atoms with Gasteiger partial charge >= 0.3 is 0 Å². The first-order chi connectivity index (χ1) is 20.6. The second-order valence-corrected chi connectivity index (χ2v) is 10.4. The van der Waals surface area contributed by atoms with Gasteiger partial charge in [-0.3, -0.25) is 14.5 Å². The Morgan fingerprint density at radius 1 is 0.786 bits per heavy atom. The average Bonchev–Trinajstić information content (AvgIpc) is 3.02. The van der Waals surface area contributed by atoms with Gasteiger partial charge in [-0.15, -0.1) is 0 Å². The zero-order chi connectivity index (χ0) is 28.9. The zero-order valence-electron chi connectivity index (χ0n) is 22.7. The molecule has 1 heterocycles. The van der Waals surface area contributed by atoms with E-state index in [1.807, 2.05) is 102 Å². The van der Waals surface area contributed by atoms with E-state index >= 15 is 0 Å². The second-order valence-electron chi connectivity index (χ2n) is 9.93. The van der Waals surface area contributed by atoms with Crippen molar-refractivity contribution >= 4 is 40.5 Å². The number of anilines is 3. The number of rotatable bonds is 8. The van der Waals surface area contributed by atoms with Gasteiger partial charge in [0.25, 0.3) is 11.8 Å². The van der Waals surface area contributed by atoms with E-state index < -0.39 is 6.17 Å². The molecule has 1 atom stereocenters. The molecule has 0 saturated heterocycles. The number of nitrogens with one attached hydrogen (secondary N) is 1. The first kappa shape index (κ1) is 27.1. The maximum absolute atomic E-state index is 14.0. The normalized spacial score (nSPS) is 14.3. The number of ether oxygens (including phenoxy) is 1. The van der Waals surface area contributed by atoms with E-state index in [9.17, 15) is 9.59 Å². The average molecular weight is 574 g/mol. The molecule has 208 valence electrons. The molecule has 42 heavy (non-hydrogen) atoms. The molecule has 5 aromatic carbocycles. The molecule has 0 aromatic heterocycles. The largest absolute Gasteiger partial charge is 0.484 e. The summed E-state index contributed by atoms with van der Waals surface area (Å²) in [6.45, 7) is 0.443. The highest BCUT2D eigenvalue weighted by atomic mass is 35.5. The number of hydrogen-bond acceptors (Lipinski definition) is 4. The Morgan fingerprint density at radius 3 is 2.21 bits per heavy atom. The summed E-state index contributed by atoms with van der Waals surface area (Å²) < 4.78 is 5.78. The molecule has 0 saturated carbocycles. The van der Waals surface area contributed by atoms with Crippen LogP contribution in [0.25, 0.3) is 0 Å². The zero-order valence-corrected chi connectivity index (χ0v) is 23.4. The van der Waals surface area contributed by atoms with Crippen LogP contribution < -0.4 is 19.9 Å². The Bertz CT molecular complexity index is 1690. The van der Waals surface area contributed by atoms with Crippen molar-refractivity contribution in [1.82, 2.24) is 0 Å². The van der Waals surface area contributed by atoms with Crippen LogP contribution in [0.15, 0.2) is 133 Å². The van der Waals surface area contributed by atoms with Gasteiger partial charge in [0.05, 0.1) is 11.3 Å². The minimum absolute atomic E-state index is 0.0656. The summed E-state index contributed by atoms with van der Waals surface area (Å²) in [6.07, 6.45) is -0.421. The number of fused-ring (bicyclic) bond motifs is 1. The van der Waals surface area contributed by atoms with Crippen molar-refractivity contribution in [2.24, 2.45) is 0 Å². The molecule has 0 unspecified atom stereocenters. The summed E-state index contributed by atoms with van der Waals surface area (Å²) in [5, 5.41) is 3.32. The number of benzene rings is 5. The molecule has 5 aromatic rings. The van der Waals surface area contributed by atoms with Crippen molar-refractivity contribution in [2.45, 2.75) is 12.7 Å². The number of carbonyl (C=O) groups excluding carboxylic acids is 2. The molecule has 0 spiro atoms. The fourth-order valence-electron chi connectivity index (χ4n) is 5.19. The van der Waals surface area contributed by atoms with Gasteiger partial charge in [0.2, 0.25) is 0 Å². The third kappa shape index (κ3) is 5.85. The number of para-hydroxylation sites is 2. The molecule has 6 rings (SSSR count). The first-order valence-corrected chi connectivity index (χ1v) is 14.0. The number of amides is 2. The summed E-state index contributed by atoms with van der Waals surface area (Å²) >= 11 is 6.01. The smallest absolute Gasteiger partial charge is 0.262 e. The van der Waals surface area contributed by atoms with E-state index in [-0.39, 0.29) is 18.4 Å². The van der Waals surface area contributed by atoms with E-state index in [4.69, 9.17) is 16.3 Å². The molecular weight excluding hydrogens is 546 g/mol. The van der Waals surface area contributed by atoms with Crippen LogP contribution in [-0.2, 0) is 11.3 Å². The van der Waals surface area contributed by atoms with Crippen molar-refractivity contribution in [3.63, 3.8) is 0 Å². The van der Waals surface area contributed by atoms with Crippen molar-refractivity contribution in [1.29, 1.82) is 0 Å². The van der Waals surface area contributed by atoms with Gasteiger partial charge in [0.1, 0.15) is 11.9 Å². The fourth-order valence-corrected chi connectivity index (χ4v) is 5.38. The van der Waals surface area contributed by atoms with Crippen LogP contribution in [0.4, 0.5) is 17.1 Å². The van der Waals surface area contributed by atoms with E-state index in [0.717, 1.165) is 22.5 Å². The maximum Gasteiger partial charge on any atom is 0.262 e. The quantitative estimate of drug-likeness (QED) is 0.206. The summed E-state index contributed by atoms with van der Waals surface area (Å²) in [6, 6.07) is 42.2. The number of hydrogen-bond donors (Lipinski definition) is 1. The lowest BCUT2D eigenvalue weighted by atomic mass is 9.99. The topological polar surface area (TPSA) is 61.9 Å². The highest BCUT2D eigenvalue weighted by Crippen LogP contribution is 2.42. The molecule has 1 aliphatic heterocycles. The van der Waals surface area contributed by atoms with Crippen LogP contribution >= 0.6 is 11.6 Å². The van der Waals surface area contributed by atoms with Crippen LogP contribution in [0.2, 0.25) is 5.02 Å². The van der Waals surface area contributed by atoms with Gasteiger partial charge in [-0.05, 0) is 65.7 Å². The van der Waals surface area contributed by atoms with Crippen LogP contribution in [-0.4, -0.2) is 18.4 Å². The Morgan fingerprint density at radius 2 is 1.48 bits per heavy atom. The minimum Gasteiger partial charge on any atom is -0.484 e. The molecule has 0 radical (unpaired) electrons. The molecule has 0 aliphatic carbocycles. The molecule has 0 fully saturated rings. The molecular formula is C35H28ClN3O3. The Hall–Kier alpha value is -5.07. The predicted octanol–water partition coefficient (Wildman–Crippen LogP) is 7.72. The van der Waals surface area contributed by atoms with Crippen molar-refractivity contribution in [3.8, 4) is 5.75 Å². The lowest BCUT2D eigenvalue weighted by Gasteiger charge is -2.46. The van der Waals surface area contributed by atoms with Crippen molar-refractivity contribution < 1.29 is 14.3 Å². The molecule has 7 heteroatoms. The molecule has 2 amide bonds. The van der Waals surface area contributed by atoms with Crippen LogP contribution in [0, 0.1) is 0 Å². The van der Waals surface area contributed by atoms with Gasteiger partial charge in [0.15, 0.2) is 6.61 Å². The maximum atomic E-state index is 14.0. The Kier molecular flexibility index (Phi) is 7.88. The lowest BCUT2D eigenvalue weighted by Crippen LogP contribution is -2.49. The number of nitrogens with zero attached hydrogens (tertiary/aromatic N) is 2. The second kappa shape index (κ2) is 12.2. The van der Waals surface area contributed by atoms with E-state index in [0.29, 0.717) is 28.6 Å². The van der Waals surface area contributed by atoms with Gasteiger partial charge in [-0.25, -0.2) is 0 Å². The van der Waals surface area contributed by atoms with Gasteiger partial charge in [-0.1, -0.05) is 90.5 Å². The third-order valence-corrected chi connectivity index (χ3v) is 7.32. The third-order valence-electron chi connectivity index (χ3n) is 7.09. The summed E-state index contributed by atoms with van der Waals surface area (Å²) in [7, 11) is 0. The number of halogens is 1. The monoisotopic (exact) mass is 573 g/mol. The van der Waals surface area contributed by atoms with E-state index in [2.05, 4.69) is 22.3 Å². The summed E-state index contributed by atoms with van der Waals surface area (Å²) in [5.41, 5.74) is 4.98. The van der Waals surface area contributed by atoms with E-state index in [1.54, 1.807) is 24.3 Å². The van der Waals surface area contributed by atoms with Crippen LogP contribution in [0.3, 0.4) is 0 Å². The number of carbonyl (C=O) groups is 2. The van der Waals surface area contributed by atoms with Gasteiger partial charge in [-0.2, -0.15) is 0 Å². The Balaban J connectivity index is 1.31. The van der Waals surface area contributed by atoms with Gasteiger partial charge in [0, 0.05) is 22.9 Å².